The van der Waals surface area contributed by atoms with Gasteiger partial charge in [-0.1, -0.05) is 0 Å². The number of aliphatic hydroxyl groups is 1. The van der Waals surface area contributed by atoms with Crippen LogP contribution in [0, 0.1) is 10.1 Å². The van der Waals surface area contributed by atoms with E-state index in [1.807, 2.05) is 0 Å². The SMILES string of the molecule is Nc1nc(NC[C@H]2CCCO2)nc(NCCO)c1[N+](=O)[O-]. The van der Waals surface area contributed by atoms with Crippen molar-refractivity contribution in [3.05, 3.63) is 10.1 Å². The van der Waals surface area contributed by atoms with Gasteiger partial charge in [0.25, 0.3) is 0 Å². The summed E-state index contributed by atoms with van der Waals surface area (Å²) in [5.41, 5.74) is 5.21. The molecule has 0 aliphatic carbocycles. The first kappa shape index (κ1) is 15.2. The molecule has 10 heteroatoms. The van der Waals surface area contributed by atoms with Gasteiger partial charge in [0.05, 0.1) is 17.6 Å². The van der Waals surface area contributed by atoms with Crippen LogP contribution in [0.3, 0.4) is 0 Å². The van der Waals surface area contributed by atoms with Gasteiger partial charge in [-0.15, -0.1) is 0 Å². The molecular formula is C11H18N6O4. The minimum absolute atomic E-state index is 0.0172. The number of nitrogens with zero attached hydrogens (tertiary/aromatic N) is 3. The molecule has 1 atom stereocenters. The predicted octanol–water partition coefficient (Wildman–Crippen LogP) is -0.0379. The van der Waals surface area contributed by atoms with Crippen LogP contribution in [0.25, 0.3) is 0 Å². The molecule has 1 aromatic rings. The monoisotopic (exact) mass is 298 g/mol. The van der Waals surface area contributed by atoms with Gasteiger partial charge >= 0.3 is 5.69 Å². The molecule has 21 heavy (non-hydrogen) atoms. The number of rotatable bonds is 7. The van der Waals surface area contributed by atoms with E-state index < -0.39 is 10.6 Å². The van der Waals surface area contributed by atoms with Crippen LogP contribution in [0.5, 0.6) is 0 Å². The van der Waals surface area contributed by atoms with Gasteiger partial charge in [0.1, 0.15) is 0 Å². The third-order valence-corrected chi connectivity index (χ3v) is 3.01. The van der Waals surface area contributed by atoms with E-state index in [4.69, 9.17) is 15.6 Å². The summed E-state index contributed by atoms with van der Waals surface area (Å²) in [7, 11) is 0. The lowest BCUT2D eigenvalue weighted by Crippen LogP contribution is -2.21. The van der Waals surface area contributed by atoms with Gasteiger partial charge in [-0.25, -0.2) is 0 Å². The highest BCUT2D eigenvalue weighted by Crippen LogP contribution is 2.28. The van der Waals surface area contributed by atoms with Crippen LogP contribution in [0.1, 0.15) is 12.8 Å². The molecule has 0 bridgehead atoms. The molecule has 1 aliphatic heterocycles. The summed E-state index contributed by atoms with van der Waals surface area (Å²) >= 11 is 0. The Morgan fingerprint density at radius 3 is 2.90 bits per heavy atom. The highest BCUT2D eigenvalue weighted by molar-refractivity contribution is 5.69. The molecule has 2 heterocycles. The number of aliphatic hydroxyl groups excluding tert-OH is 1. The highest BCUT2D eigenvalue weighted by atomic mass is 16.6. The molecule has 1 fully saturated rings. The predicted molar refractivity (Wildman–Crippen MR) is 76.1 cm³/mol. The van der Waals surface area contributed by atoms with E-state index in [-0.39, 0.29) is 36.8 Å². The summed E-state index contributed by atoms with van der Waals surface area (Å²) in [5.74, 6) is -0.0595. The van der Waals surface area contributed by atoms with Crippen LogP contribution in [-0.4, -0.2) is 52.4 Å². The molecule has 1 aliphatic rings. The number of hydrogen-bond acceptors (Lipinski definition) is 9. The number of nitrogen functional groups attached to an aromatic ring is 1. The minimum Gasteiger partial charge on any atom is -0.395 e. The van der Waals surface area contributed by atoms with Gasteiger partial charge in [-0.05, 0) is 12.8 Å². The maximum Gasteiger partial charge on any atom is 0.353 e. The van der Waals surface area contributed by atoms with Crippen molar-refractivity contribution in [2.75, 3.05) is 42.7 Å². The lowest BCUT2D eigenvalue weighted by atomic mass is 10.2. The molecule has 1 saturated heterocycles. The van der Waals surface area contributed by atoms with Crippen LogP contribution in [0.15, 0.2) is 0 Å². The molecule has 0 amide bonds. The van der Waals surface area contributed by atoms with Gasteiger partial charge in [0, 0.05) is 19.7 Å². The van der Waals surface area contributed by atoms with Gasteiger partial charge in [0.15, 0.2) is 0 Å². The summed E-state index contributed by atoms with van der Waals surface area (Å²) in [6.45, 7) is 1.19. The molecule has 10 nitrogen and oxygen atoms in total. The first-order valence-corrected chi connectivity index (χ1v) is 6.64. The summed E-state index contributed by atoms with van der Waals surface area (Å²) < 4.78 is 5.46. The number of nitrogens with two attached hydrogens (primary N) is 1. The van der Waals surface area contributed by atoms with Gasteiger partial charge in [-0.2, -0.15) is 9.97 Å². The topological polar surface area (TPSA) is 148 Å². The maximum atomic E-state index is 11.0. The Balaban J connectivity index is 2.13. The number of nitrogens with one attached hydrogen (secondary N) is 2. The van der Waals surface area contributed by atoms with Crippen molar-refractivity contribution in [1.29, 1.82) is 0 Å². The second-order valence-electron chi connectivity index (χ2n) is 4.55. The zero-order chi connectivity index (χ0) is 15.2. The van der Waals surface area contributed by atoms with Crippen molar-refractivity contribution in [2.24, 2.45) is 0 Å². The summed E-state index contributed by atoms with van der Waals surface area (Å²) in [6.07, 6.45) is 2.04. The molecule has 2 rings (SSSR count). The summed E-state index contributed by atoms with van der Waals surface area (Å²) in [5, 5.41) is 25.4. The lowest BCUT2D eigenvalue weighted by Gasteiger charge is -2.12. The van der Waals surface area contributed by atoms with Crippen LogP contribution in [-0.2, 0) is 4.74 Å². The second-order valence-corrected chi connectivity index (χ2v) is 4.55. The van der Waals surface area contributed by atoms with Crippen molar-refractivity contribution >= 4 is 23.3 Å². The molecule has 116 valence electrons. The Morgan fingerprint density at radius 1 is 1.48 bits per heavy atom. The quantitative estimate of drug-likeness (QED) is 0.402. The van der Waals surface area contributed by atoms with Crippen LogP contribution >= 0.6 is 0 Å². The normalized spacial score (nSPS) is 17.7. The van der Waals surface area contributed by atoms with Crippen molar-refractivity contribution in [1.82, 2.24) is 9.97 Å². The van der Waals surface area contributed by atoms with Crippen molar-refractivity contribution in [2.45, 2.75) is 18.9 Å². The van der Waals surface area contributed by atoms with Gasteiger partial charge in [-0.3, -0.25) is 10.1 Å². The Kier molecular flexibility index (Phi) is 5.06. The van der Waals surface area contributed by atoms with E-state index in [1.54, 1.807) is 0 Å². The molecule has 0 spiro atoms. The molecule has 5 N–H and O–H groups in total. The summed E-state index contributed by atoms with van der Waals surface area (Å²) in [6, 6.07) is 0. The number of nitro groups is 1. The van der Waals surface area contributed by atoms with Gasteiger partial charge in [0.2, 0.25) is 17.6 Å². The standard InChI is InChI=1S/C11H18N6O4/c12-9-8(17(19)20)10(13-3-4-18)16-11(15-9)14-6-7-2-1-5-21-7/h7,18H,1-6H2,(H4,12,13,14,15,16)/t7-/m1/s1. The van der Waals surface area contributed by atoms with Crippen molar-refractivity contribution in [3.8, 4) is 0 Å². The van der Waals surface area contributed by atoms with E-state index >= 15 is 0 Å². The van der Waals surface area contributed by atoms with E-state index in [0.717, 1.165) is 19.4 Å². The van der Waals surface area contributed by atoms with Crippen molar-refractivity contribution in [3.63, 3.8) is 0 Å². The third kappa shape index (κ3) is 3.89. The number of aromatic nitrogens is 2. The third-order valence-electron chi connectivity index (χ3n) is 3.01. The fourth-order valence-corrected chi connectivity index (χ4v) is 2.04. The number of ether oxygens (including phenoxy) is 1. The zero-order valence-corrected chi connectivity index (χ0v) is 11.4. The lowest BCUT2D eigenvalue weighted by molar-refractivity contribution is -0.383. The molecule has 0 aromatic carbocycles. The Labute approximate surface area is 120 Å². The van der Waals surface area contributed by atoms with Crippen LogP contribution < -0.4 is 16.4 Å². The van der Waals surface area contributed by atoms with E-state index in [9.17, 15) is 10.1 Å². The second kappa shape index (κ2) is 6.99. The first-order chi connectivity index (χ1) is 10.1. The largest absolute Gasteiger partial charge is 0.395 e. The average molecular weight is 298 g/mol. The minimum atomic E-state index is -0.654. The van der Waals surface area contributed by atoms with E-state index in [0.29, 0.717) is 6.54 Å². The maximum absolute atomic E-state index is 11.0. The zero-order valence-electron chi connectivity index (χ0n) is 11.4. The average Bonchev–Trinajstić information content (AvgIpc) is 2.95. The van der Waals surface area contributed by atoms with E-state index in [2.05, 4.69) is 20.6 Å². The van der Waals surface area contributed by atoms with Gasteiger partial charge < -0.3 is 26.2 Å². The number of hydrogen-bond donors (Lipinski definition) is 4. The fraction of sp³-hybridized carbons (Fsp3) is 0.636. The molecule has 0 unspecified atom stereocenters. The van der Waals surface area contributed by atoms with Crippen LogP contribution in [0.4, 0.5) is 23.3 Å². The first-order valence-electron chi connectivity index (χ1n) is 6.64. The fourth-order valence-electron chi connectivity index (χ4n) is 2.04. The van der Waals surface area contributed by atoms with Crippen LogP contribution in [0.2, 0.25) is 0 Å². The molecule has 1 aromatic heterocycles. The number of anilines is 3. The highest BCUT2D eigenvalue weighted by Gasteiger charge is 2.23. The molecular weight excluding hydrogens is 280 g/mol. The Hall–Kier alpha value is -2.20. The van der Waals surface area contributed by atoms with E-state index in [1.165, 1.54) is 0 Å². The Morgan fingerprint density at radius 2 is 2.29 bits per heavy atom. The molecule has 0 radical (unpaired) electrons. The Bertz CT molecular complexity index is 506. The molecule has 0 saturated carbocycles. The summed E-state index contributed by atoms with van der Waals surface area (Å²) in [4.78, 5) is 18.2. The smallest absolute Gasteiger partial charge is 0.353 e. The van der Waals surface area contributed by atoms with Crippen molar-refractivity contribution < 1.29 is 14.8 Å².